The van der Waals surface area contributed by atoms with Gasteiger partial charge in [0, 0.05) is 18.1 Å². The highest BCUT2D eigenvalue weighted by Gasteiger charge is 2.20. The average molecular weight is 327 g/mol. The Kier molecular flexibility index (Phi) is 5.84. The van der Waals surface area contributed by atoms with Gasteiger partial charge in [-0.15, -0.1) is 0 Å². The van der Waals surface area contributed by atoms with Gasteiger partial charge in [0.2, 0.25) is 5.91 Å². The first-order chi connectivity index (χ1) is 11.5. The molecule has 0 bridgehead atoms. The topological polar surface area (TPSA) is 66.4 Å². The van der Waals surface area contributed by atoms with Gasteiger partial charge < -0.3 is 10.4 Å². The van der Waals surface area contributed by atoms with Crippen LogP contribution in [0.15, 0.2) is 60.7 Å². The Hall–Kier alpha value is -2.95. The first-order valence-corrected chi connectivity index (χ1v) is 7.47. The van der Waals surface area contributed by atoms with Crippen LogP contribution in [-0.4, -0.2) is 23.0 Å². The fraction of sp³-hybridized carbons (Fsp3) is 0.158. The summed E-state index contributed by atoms with van der Waals surface area (Å²) in [5.41, 5.74) is 2.02. The first-order valence-electron chi connectivity index (χ1n) is 7.47. The molecule has 124 valence electrons. The molecule has 2 aromatic rings. The van der Waals surface area contributed by atoms with Crippen molar-refractivity contribution < 1.29 is 19.1 Å². The number of hydrogen-bond acceptors (Lipinski definition) is 2. The van der Waals surface area contributed by atoms with Crippen LogP contribution in [0.25, 0.3) is 5.83 Å². The van der Waals surface area contributed by atoms with Crippen LogP contribution in [0.4, 0.5) is 4.39 Å². The van der Waals surface area contributed by atoms with Crippen LogP contribution in [0, 0.1) is 6.92 Å². The molecule has 1 unspecified atom stereocenters. The molecule has 2 N–H and O–H groups in total. The third kappa shape index (κ3) is 5.05. The Morgan fingerprint density at radius 3 is 2.33 bits per heavy atom. The number of hydrogen-bond donors (Lipinski definition) is 2. The van der Waals surface area contributed by atoms with Crippen molar-refractivity contribution in [2.24, 2.45) is 0 Å². The molecule has 0 aliphatic carbocycles. The highest BCUT2D eigenvalue weighted by molar-refractivity contribution is 5.96. The van der Waals surface area contributed by atoms with E-state index in [9.17, 15) is 19.1 Å². The number of carboxylic acid groups (broad SMARTS) is 1. The van der Waals surface area contributed by atoms with Crippen molar-refractivity contribution in [3.8, 4) is 0 Å². The van der Waals surface area contributed by atoms with E-state index in [0.29, 0.717) is 0 Å². The maximum atomic E-state index is 14.0. The Morgan fingerprint density at radius 1 is 1.12 bits per heavy atom. The molecule has 0 spiro atoms. The number of carbonyl (C=O) groups excluding carboxylic acids is 1. The van der Waals surface area contributed by atoms with Crippen LogP contribution in [-0.2, 0) is 16.0 Å². The largest absolute Gasteiger partial charge is 0.480 e. The molecule has 0 saturated carbocycles. The minimum absolute atomic E-state index is 0.127. The monoisotopic (exact) mass is 327 g/mol. The van der Waals surface area contributed by atoms with E-state index in [0.717, 1.165) is 17.2 Å². The van der Waals surface area contributed by atoms with Gasteiger partial charge in [0.1, 0.15) is 11.9 Å². The number of halogens is 1. The van der Waals surface area contributed by atoms with Gasteiger partial charge in [0.25, 0.3) is 0 Å². The summed E-state index contributed by atoms with van der Waals surface area (Å²) in [5, 5.41) is 11.6. The molecule has 0 saturated heterocycles. The molecular weight excluding hydrogens is 309 g/mol. The summed E-state index contributed by atoms with van der Waals surface area (Å²) in [7, 11) is 0. The molecule has 0 radical (unpaired) electrons. The summed E-state index contributed by atoms with van der Waals surface area (Å²) in [4.78, 5) is 23.2. The van der Waals surface area contributed by atoms with Crippen LogP contribution in [0.5, 0.6) is 0 Å². The molecule has 2 aromatic carbocycles. The number of aryl methyl sites for hydroxylation is 1. The number of rotatable bonds is 6. The summed E-state index contributed by atoms with van der Waals surface area (Å²) < 4.78 is 14.0. The van der Waals surface area contributed by atoms with Crippen molar-refractivity contribution >= 4 is 17.7 Å². The Morgan fingerprint density at radius 2 is 1.75 bits per heavy atom. The molecule has 0 aliphatic rings. The van der Waals surface area contributed by atoms with Crippen molar-refractivity contribution in [1.29, 1.82) is 0 Å². The van der Waals surface area contributed by atoms with Crippen molar-refractivity contribution in [1.82, 2.24) is 5.32 Å². The van der Waals surface area contributed by atoms with Gasteiger partial charge in [-0.25, -0.2) is 9.18 Å². The van der Waals surface area contributed by atoms with Gasteiger partial charge in [-0.3, -0.25) is 4.79 Å². The summed E-state index contributed by atoms with van der Waals surface area (Å²) >= 11 is 0. The van der Waals surface area contributed by atoms with E-state index in [1.807, 2.05) is 13.0 Å². The van der Waals surface area contributed by atoms with Crippen LogP contribution >= 0.6 is 0 Å². The van der Waals surface area contributed by atoms with Crippen molar-refractivity contribution in [3.63, 3.8) is 0 Å². The molecule has 0 aliphatic heterocycles. The molecule has 0 fully saturated rings. The Balaban J connectivity index is 2.06. The third-order valence-electron chi connectivity index (χ3n) is 3.48. The Labute approximate surface area is 139 Å². The van der Waals surface area contributed by atoms with Gasteiger partial charge >= 0.3 is 5.97 Å². The van der Waals surface area contributed by atoms with E-state index in [4.69, 9.17) is 0 Å². The normalized spacial score (nSPS) is 12.5. The summed E-state index contributed by atoms with van der Waals surface area (Å²) in [6, 6.07) is 14.4. The molecule has 4 nitrogen and oxygen atoms in total. The van der Waals surface area contributed by atoms with E-state index in [2.05, 4.69) is 5.32 Å². The van der Waals surface area contributed by atoms with Gasteiger partial charge in [0.05, 0.1) is 0 Å². The van der Waals surface area contributed by atoms with E-state index < -0.39 is 23.7 Å². The smallest absolute Gasteiger partial charge is 0.326 e. The summed E-state index contributed by atoms with van der Waals surface area (Å²) in [6.07, 6.45) is 0.896. The molecule has 1 atom stereocenters. The highest BCUT2D eigenvalue weighted by Crippen LogP contribution is 2.16. The van der Waals surface area contributed by atoms with Crippen LogP contribution < -0.4 is 5.32 Å². The predicted molar refractivity (Wildman–Crippen MR) is 90.0 cm³/mol. The molecule has 0 aromatic heterocycles. The molecule has 5 heteroatoms. The predicted octanol–water partition coefficient (Wildman–Crippen LogP) is 3.12. The second-order valence-electron chi connectivity index (χ2n) is 5.45. The van der Waals surface area contributed by atoms with Crippen molar-refractivity contribution in [2.75, 3.05) is 0 Å². The van der Waals surface area contributed by atoms with E-state index in [-0.39, 0.29) is 12.0 Å². The number of carbonyl (C=O) groups is 2. The lowest BCUT2D eigenvalue weighted by molar-refractivity contribution is -0.141. The minimum Gasteiger partial charge on any atom is -0.480 e. The zero-order valence-electron chi connectivity index (χ0n) is 13.2. The molecular formula is C19H18FNO3. The SMILES string of the molecule is Cc1ccc(C(F)=CC(=O)NC(Cc2ccccc2)C(=O)O)cc1. The quantitative estimate of drug-likeness (QED) is 0.801. The summed E-state index contributed by atoms with van der Waals surface area (Å²) in [6.45, 7) is 1.87. The van der Waals surface area contributed by atoms with Crippen molar-refractivity contribution in [3.05, 3.63) is 77.4 Å². The maximum absolute atomic E-state index is 14.0. The zero-order valence-corrected chi connectivity index (χ0v) is 13.2. The second kappa shape index (κ2) is 8.06. The van der Waals surface area contributed by atoms with Crippen LogP contribution in [0.1, 0.15) is 16.7 Å². The zero-order chi connectivity index (χ0) is 17.5. The third-order valence-corrected chi connectivity index (χ3v) is 3.48. The van der Waals surface area contributed by atoms with E-state index >= 15 is 0 Å². The number of aliphatic carboxylic acids is 1. The highest BCUT2D eigenvalue weighted by atomic mass is 19.1. The van der Waals surface area contributed by atoms with Gasteiger partial charge in [-0.05, 0) is 12.5 Å². The molecule has 1 amide bonds. The van der Waals surface area contributed by atoms with Gasteiger partial charge in [-0.1, -0.05) is 60.2 Å². The van der Waals surface area contributed by atoms with Crippen LogP contribution in [0.3, 0.4) is 0 Å². The fourth-order valence-corrected chi connectivity index (χ4v) is 2.17. The number of benzene rings is 2. The van der Waals surface area contributed by atoms with E-state index in [1.54, 1.807) is 48.5 Å². The lowest BCUT2D eigenvalue weighted by Crippen LogP contribution is -2.41. The lowest BCUT2D eigenvalue weighted by Gasteiger charge is -2.13. The van der Waals surface area contributed by atoms with Gasteiger partial charge in [0.15, 0.2) is 0 Å². The second-order valence-corrected chi connectivity index (χ2v) is 5.45. The summed E-state index contributed by atoms with van der Waals surface area (Å²) in [5.74, 6) is -2.66. The number of carboxylic acids is 1. The van der Waals surface area contributed by atoms with Crippen LogP contribution in [0.2, 0.25) is 0 Å². The minimum atomic E-state index is -1.17. The molecule has 24 heavy (non-hydrogen) atoms. The first kappa shape index (κ1) is 17.4. The standard InChI is InChI=1S/C19H18FNO3/c1-13-7-9-15(10-8-13)16(20)12-18(22)21-17(19(23)24)11-14-5-3-2-4-6-14/h2-10,12,17H,11H2,1H3,(H,21,22)(H,23,24). The Bertz CT molecular complexity index is 739. The lowest BCUT2D eigenvalue weighted by atomic mass is 10.1. The van der Waals surface area contributed by atoms with E-state index in [1.165, 1.54) is 0 Å². The number of amides is 1. The van der Waals surface area contributed by atoms with Gasteiger partial charge in [-0.2, -0.15) is 0 Å². The molecule has 0 heterocycles. The fourth-order valence-electron chi connectivity index (χ4n) is 2.17. The maximum Gasteiger partial charge on any atom is 0.326 e. The average Bonchev–Trinajstić information content (AvgIpc) is 2.55. The molecule has 2 rings (SSSR count). The van der Waals surface area contributed by atoms with Crippen molar-refractivity contribution in [2.45, 2.75) is 19.4 Å². The number of nitrogens with one attached hydrogen (secondary N) is 1.